The molecule has 0 saturated carbocycles. The van der Waals surface area contributed by atoms with Crippen molar-refractivity contribution in [3.05, 3.63) is 23.7 Å². The maximum atomic E-state index is 12.0. The van der Waals surface area contributed by atoms with E-state index in [1.165, 1.54) is 0 Å². The molecule has 104 valence electrons. The third-order valence-electron chi connectivity index (χ3n) is 2.93. The molecule has 0 radical (unpaired) electrons. The lowest BCUT2D eigenvalue weighted by Gasteiger charge is -2.22. The van der Waals surface area contributed by atoms with Gasteiger partial charge in [-0.1, -0.05) is 32.5 Å². The molecule has 0 saturated heterocycles. The van der Waals surface area contributed by atoms with E-state index >= 15 is 0 Å². The summed E-state index contributed by atoms with van der Waals surface area (Å²) in [6.07, 6.45) is 1.11. The Morgan fingerprint density at radius 2 is 2.00 bits per heavy atom. The molecule has 0 fully saturated rings. The Balaban J connectivity index is 2.31. The third kappa shape index (κ3) is 5.87. The first-order valence-corrected chi connectivity index (χ1v) is 7.16. The Morgan fingerprint density at radius 1 is 1.33 bits per heavy atom. The van der Waals surface area contributed by atoms with Gasteiger partial charge in [-0.3, -0.25) is 0 Å². The smallest absolute Gasteiger partial charge is 0.284 e. The first-order valence-electron chi connectivity index (χ1n) is 6.11. The van der Waals surface area contributed by atoms with Crippen LogP contribution in [0, 0.1) is 5.41 Å². The lowest BCUT2D eigenvalue weighted by Crippen LogP contribution is -2.28. The summed E-state index contributed by atoms with van der Waals surface area (Å²) in [5, 5.41) is 3.32. The fourth-order valence-electron chi connectivity index (χ4n) is 1.39. The molecule has 2 nitrogen and oxygen atoms in total. The van der Waals surface area contributed by atoms with Crippen LogP contribution in [0.3, 0.4) is 0 Å². The zero-order chi connectivity index (χ0) is 13.6. The highest BCUT2D eigenvalue weighted by atomic mass is 32.2. The van der Waals surface area contributed by atoms with Gasteiger partial charge in [0.2, 0.25) is 0 Å². The number of nitrogens with one attached hydrogen (secondary N) is 1. The predicted molar refractivity (Wildman–Crippen MR) is 71.8 cm³/mol. The standard InChI is InChI=1S/C13H21F2NOS/c1-4-13(2,3)9-16-7-10-5-6-11(17-10)8-18-12(14)15/h5-6,12,16H,4,7-9H2,1-3H3. The van der Waals surface area contributed by atoms with Gasteiger partial charge in [0.05, 0.1) is 12.3 Å². The first-order chi connectivity index (χ1) is 8.43. The van der Waals surface area contributed by atoms with Crippen molar-refractivity contribution < 1.29 is 13.2 Å². The fourth-order valence-corrected chi connectivity index (χ4v) is 1.83. The molecule has 0 aliphatic heterocycles. The van der Waals surface area contributed by atoms with Crippen molar-refractivity contribution in [1.82, 2.24) is 5.32 Å². The highest BCUT2D eigenvalue weighted by Gasteiger charge is 2.14. The van der Waals surface area contributed by atoms with Crippen LogP contribution in [0.4, 0.5) is 8.78 Å². The highest BCUT2D eigenvalue weighted by molar-refractivity contribution is 7.98. The zero-order valence-electron chi connectivity index (χ0n) is 11.1. The maximum absolute atomic E-state index is 12.0. The van der Waals surface area contributed by atoms with E-state index in [2.05, 4.69) is 26.1 Å². The second-order valence-corrected chi connectivity index (χ2v) is 6.04. The summed E-state index contributed by atoms with van der Waals surface area (Å²) in [6, 6.07) is 3.60. The van der Waals surface area contributed by atoms with E-state index in [0.717, 1.165) is 18.7 Å². The van der Waals surface area contributed by atoms with Crippen molar-refractivity contribution in [2.24, 2.45) is 5.41 Å². The number of halogens is 2. The number of hydrogen-bond acceptors (Lipinski definition) is 3. The summed E-state index contributed by atoms with van der Waals surface area (Å²) in [6.45, 7) is 8.11. The zero-order valence-corrected chi connectivity index (χ0v) is 11.9. The van der Waals surface area contributed by atoms with Crippen molar-refractivity contribution in [2.75, 3.05) is 6.54 Å². The minimum atomic E-state index is -2.35. The van der Waals surface area contributed by atoms with E-state index in [4.69, 9.17) is 4.42 Å². The summed E-state index contributed by atoms with van der Waals surface area (Å²) >= 11 is 0.582. The predicted octanol–water partition coefficient (Wildman–Crippen LogP) is 4.26. The number of furan rings is 1. The van der Waals surface area contributed by atoms with Gasteiger partial charge in [0, 0.05) is 6.54 Å². The van der Waals surface area contributed by atoms with Crippen LogP contribution >= 0.6 is 11.8 Å². The summed E-state index contributed by atoms with van der Waals surface area (Å²) < 4.78 is 29.5. The monoisotopic (exact) mass is 277 g/mol. The van der Waals surface area contributed by atoms with Crippen LogP contribution in [0.15, 0.2) is 16.5 Å². The van der Waals surface area contributed by atoms with Crippen LogP contribution in [0.25, 0.3) is 0 Å². The van der Waals surface area contributed by atoms with Gasteiger partial charge in [0.1, 0.15) is 11.5 Å². The summed E-state index contributed by atoms with van der Waals surface area (Å²) in [5.74, 6) is -0.723. The molecule has 0 amide bonds. The van der Waals surface area contributed by atoms with Gasteiger partial charge in [0.25, 0.3) is 5.76 Å². The highest BCUT2D eigenvalue weighted by Crippen LogP contribution is 2.21. The molecule has 0 spiro atoms. The first kappa shape index (κ1) is 15.5. The molecule has 5 heteroatoms. The minimum Gasteiger partial charge on any atom is -0.464 e. The van der Waals surface area contributed by atoms with Gasteiger partial charge in [-0.15, -0.1) is 0 Å². The van der Waals surface area contributed by atoms with Gasteiger partial charge < -0.3 is 9.73 Å². The van der Waals surface area contributed by atoms with Gasteiger partial charge in [-0.2, -0.15) is 8.78 Å². The van der Waals surface area contributed by atoms with Crippen molar-refractivity contribution in [3.63, 3.8) is 0 Å². The Hall–Kier alpha value is -0.550. The Kier molecular flexibility index (Phi) is 6.15. The lowest BCUT2D eigenvalue weighted by molar-refractivity contribution is 0.251. The molecule has 1 rings (SSSR count). The maximum Gasteiger partial charge on any atom is 0.284 e. The lowest BCUT2D eigenvalue weighted by atomic mass is 9.90. The van der Waals surface area contributed by atoms with Crippen LogP contribution in [0.1, 0.15) is 38.7 Å². The molecule has 1 heterocycles. The second kappa shape index (κ2) is 7.14. The van der Waals surface area contributed by atoms with Crippen LogP contribution in [-0.2, 0) is 12.3 Å². The Labute approximate surface area is 112 Å². The molecule has 18 heavy (non-hydrogen) atoms. The third-order valence-corrected chi connectivity index (χ3v) is 3.63. The fraction of sp³-hybridized carbons (Fsp3) is 0.692. The SMILES string of the molecule is CCC(C)(C)CNCc1ccc(CSC(F)F)o1. The second-order valence-electron chi connectivity index (χ2n) is 5.06. The number of rotatable bonds is 8. The van der Waals surface area contributed by atoms with Crippen LogP contribution in [0.5, 0.6) is 0 Å². The summed E-state index contributed by atoms with van der Waals surface area (Å²) in [4.78, 5) is 0. The van der Waals surface area contributed by atoms with E-state index in [1.807, 2.05) is 6.07 Å². The number of hydrogen-bond donors (Lipinski definition) is 1. The molecule has 0 bridgehead atoms. The van der Waals surface area contributed by atoms with E-state index in [1.54, 1.807) is 6.07 Å². The molecular weight excluding hydrogens is 256 g/mol. The molecule has 0 aliphatic rings. The quantitative estimate of drug-likeness (QED) is 0.768. The van der Waals surface area contributed by atoms with Crippen molar-refractivity contribution in [2.45, 2.75) is 45.2 Å². The largest absolute Gasteiger partial charge is 0.464 e. The summed E-state index contributed by atoms with van der Waals surface area (Å²) in [5.41, 5.74) is 0.265. The molecule has 0 aliphatic carbocycles. The normalized spacial score (nSPS) is 12.3. The van der Waals surface area contributed by atoms with Gasteiger partial charge in [0.15, 0.2) is 0 Å². The van der Waals surface area contributed by atoms with Crippen molar-refractivity contribution in [3.8, 4) is 0 Å². The molecule has 1 aromatic heterocycles. The molecule has 0 aromatic carbocycles. The average molecular weight is 277 g/mol. The molecule has 1 N–H and O–H groups in total. The number of thioether (sulfide) groups is 1. The van der Waals surface area contributed by atoms with Crippen LogP contribution in [-0.4, -0.2) is 12.3 Å². The van der Waals surface area contributed by atoms with E-state index in [9.17, 15) is 8.78 Å². The molecule has 1 aromatic rings. The van der Waals surface area contributed by atoms with Gasteiger partial charge >= 0.3 is 0 Å². The van der Waals surface area contributed by atoms with Gasteiger partial charge in [-0.05, 0) is 24.0 Å². The Morgan fingerprint density at radius 3 is 2.61 bits per heavy atom. The van der Waals surface area contributed by atoms with Crippen molar-refractivity contribution in [1.29, 1.82) is 0 Å². The molecular formula is C13H21F2NOS. The Bertz CT molecular complexity index is 353. The van der Waals surface area contributed by atoms with Crippen LogP contribution in [0.2, 0.25) is 0 Å². The average Bonchev–Trinajstić information content (AvgIpc) is 2.74. The van der Waals surface area contributed by atoms with Gasteiger partial charge in [-0.25, -0.2) is 0 Å². The van der Waals surface area contributed by atoms with Crippen LogP contribution < -0.4 is 5.32 Å². The topological polar surface area (TPSA) is 25.2 Å². The summed E-state index contributed by atoms with van der Waals surface area (Å²) in [7, 11) is 0. The van der Waals surface area contributed by atoms with Crippen molar-refractivity contribution >= 4 is 11.8 Å². The molecule has 0 atom stereocenters. The minimum absolute atomic E-state index is 0.220. The number of alkyl halides is 2. The molecule has 0 unspecified atom stereocenters. The van der Waals surface area contributed by atoms with E-state index in [-0.39, 0.29) is 11.2 Å². The van der Waals surface area contributed by atoms with E-state index < -0.39 is 5.76 Å². The van der Waals surface area contributed by atoms with E-state index in [0.29, 0.717) is 24.1 Å².